The number of aliphatic hydroxyl groups is 1. The third-order valence-electron chi connectivity index (χ3n) is 5.05. The van der Waals surface area contributed by atoms with Gasteiger partial charge in [0.25, 0.3) is 0 Å². The Bertz CT molecular complexity index is 251. The smallest absolute Gasteiger partial charge is 0.0774 e. The molecule has 0 atom stereocenters. The van der Waals surface area contributed by atoms with Gasteiger partial charge in [-0.25, -0.2) is 0 Å². The molecule has 2 saturated carbocycles. The van der Waals surface area contributed by atoms with Crippen LogP contribution >= 0.6 is 0 Å². The molecule has 1 heterocycles. The molecule has 0 aromatic rings. The average Bonchev–Trinajstić information content (AvgIpc) is 2.65. The zero-order valence-corrected chi connectivity index (χ0v) is 10.9. The van der Waals surface area contributed by atoms with Crippen molar-refractivity contribution in [2.45, 2.75) is 56.6 Å². The fourth-order valence-electron chi connectivity index (χ4n) is 3.65. The molecule has 3 heteroatoms. The summed E-state index contributed by atoms with van der Waals surface area (Å²) in [7, 11) is 0. The number of β-amino-alcohol motifs (C(OH)–C–C–N with tert-alkyl or cyclic N) is 1. The third-order valence-corrected chi connectivity index (χ3v) is 5.05. The van der Waals surface area contributed by atoms with E-state index in [1.807, 2.05) is 0 Å². The van der Waals surface area contributed by atoms with Crippen molar-refractivity contribution >= 4 is 0 Å². The molecule has 98 valence electrons. The first-order chi connectivity index (χ1) is 8.25. The summed E-state index contributed by atoms with van der Waals surface area (Å²) in [6.45, 7) is 5.70. The van der Waals surface area contributed by atoms with Crippen molar-refractivity contribution < 1.29 is 5.11 Å². The topological polar surface area (TPSA) is 26.7 Å². The number of hydrogen-bond acceptors (Lipinski definition) is 3. The van der Waals surface area contributed by atoms with E-state index in [4.69, 9.17) is 0 Å². The monoisotopic (exact) mass is 238 g/mol. The van der Waals surface area contributed by atoms with E-state index < -0.39 is 0 Å². The molecular weight excluding hydrogens is 212 g/mol. The lowest BCUT2D eigenvalue weighted by molar-refractivity contribution is -0.0146. The number of rotatable bonds is 3. The van der Waals surface area contributed by atoms with E-state index in [2.05, 4.69) is 9.80 Å². The minimum Gasteiger partial charge on any atom is -0.389 e. The summed E-state index contributed by atoms with van der Waals surface area (Å²) in [5.74, 6) is 0. The highest BCUT2D eigenvalue weighted by Gasteiger charge is 2.35. The molecule has 3 fully saturated rings. The molecule has 0 amide bonds. The Morgan fingerprint density at radius 1 is 0.941 bits per heavy atom. The van der Waals surface area contributed by atoms with Gasteiger partial charge in [0.15, 0.2) is 0 Å². The molecule has 2 aliphatic carbocycles. The lowest BCUT2D eigenvalue weighted by Crippen LogP contribution is -2.54. The molecule has 1 N–H and O–H groups in total. The maximum absolute atomic E-state index is 10.4. The van der Waals surface area contributed by atoms with E-state index in [9.17, 15) is 5.11 Å². The van der Waals surface area contributed by atoms with Crippen molar-refractivity contribution in [2.75, 3.05) is 32.7 Å². The van der Waals surface area contributed by atoms with Crippen molar-refractivity contribution in [1.82, 2.24) is 9.80 Å². The summed E-state index contributed by atoms with van der Waals surface area (Å²) < 4.78 is 0. The Balaban J connectivity index is 1.44. The maximum atomic E-state index is 10.4. The van der Waals surface area contributed by atoms with E-state index in [-0.39, 0.29) is 5.60 Å². The quantitative estimate of drug-likeness (QED) is 0.806. The molecule has 0 aromatic carbocycles. The molecule has 17 heavy (non-hydrogen) atoms. The van der Waals surface area contributed by atoms with Gasteiger partial charge in [-0.1, -0.05) is 19.3 Å². The summed E-state index contributed by atoms with van der Waals surface area (Å²) >= 11 is 0. The number of nitrogens with zero attached hydrogens (tertiary/aromatic N) is 2. The predicted molar refractivity (Wildman–Crippen MR) is 69.1 cm³/mol. The van der Waals surface area contributed by atoms with Crippen LogP contribution in [0.4, 0.5) is 0 Å². The minimum atomic E-state index is -0.349. The van der Waals surface area contributed by atoms with Crippen LogP contribution in [0.3, 0.4) is 0 Å². The van der Waals surface area contributed by atoms with Crippen LogP contribution in [0.15, 0.2) is 0 Å². The minimum absolute atomic E-state index is 0.349. The normalized spacial score (nSPS) is 31.6. The van der Waals surface area contributed by atoms with Gasteiger partial charge in [0.2, 0.25) is 0 Å². The molecule has 0 spiro atoms. The average molecular weight is 238 g/mol. The fraction of sp³-hybridized carbons (Fsp3) is 1.00. The van der Waals surface area contributed by atoms with Gasteiger partial charge >= 0.3 is 0 Å². The van der Waals surface area contributed by atoms with Gasteiger partial charge in [-0.15, -0.1) is 0 Å². The molecule has 1 aliphatic heterocycles. The highest BCUT2D eigenvalue weighted by Crippen LogP contribution is 2.31. The lowest BCUT2D eigenvalue weighted by Gasteiger charge is -2.44. The number of piperazine rings is 1. The Kier molecular flexibility index (Phi) is 3.42. The number of hydrogen-bond donors (Lipinski definition) is 1. The molecule has 0 unspecified atom stereocenters. The van der Waals surface area contributed by atoms with Crippen LogP contribution in [0.25, 0.3) is 0 Å². The standard InChI is InChI=1S/C14H26N2O/c17-14(6-1-2-7-14)12-15-8-10-16(11-9-15)13-4-3-5-13/h13,17H,1-12H2. The van der Waals surface area contributed by atoms with E-state index in [1.54, 1.807) is 0 Å². The van der Waals surface area contributed by atoms with E-state index in [1.165, 1.54) is 58.3 Å². The molecule has 0 radical (unpaired) electrons. The van der Waals surface area contributed by atoms with Gasteiger partial charge in [-0.3, -0.25) is 9.80 Å². The molecule has 0 bridgehead atoms. The Morgan fingerprint density at radius 3 is 2.12 bits per heavy atom. The Morgan fingerprint density at radius 2 is 1.59 bits per heavy atom. The molecule has 0 aromatic heterocycles. The molecule has 3 aliphatic rings. The van der Waals surface area contributed by atoms with Gasteiger partial charge in [-0.2, -0.15) is 0 Å². The van der Waals surface area contributed by atoms with Crippen LogP contribution in [0.1, 0.15) is 44.9 Å². The van der Waals surface area contributed by atoms with Crippen molar-refractivity contribution in [3.8, 4) is 0 Å². The van der Waals surface area contributed by atoms with E-state index >= 15 is 0 Å². The van der Waals surface area contributed by atoms with Crippen LogP contribution < -0.4 is 0 Å². The summed E-state index contributed by atoms with van der Waals surface area (Å²) in [5.41, 5.74) is -0.349. The van der Waals surface area contributed by atoms with E-state index in [0.717, 1.165) is 25.4 Å². The van der Waals surface area contributed by atoms with Gasteiger partial charge in [0.1, 0.15) is 0 Å². The van der Waals surface area contributed by atoms with Crippen LogP contribution in [0.5, 0.6) is 0 Å². The Labute approximate surface area is 105 Å². The van der Waals surface area contributed by atoms with Gasteiger partial charge in [0, 0.05) is 38.8 Å². The first-order valence-electron chi connectivity index (χ1n) is 7.44. The Hall–Kier alpha value is -0.120. The van der Waals surface area contributed by atoms with Crippen molar-refractivity contribution in [2.24, 2.45) is 0 Å². The van der Waals surface area contributed by atoms with Crippen molar-refractivity contribution in [3.63, 3.8) is 0 Å². The summed E-state index contributed by atoms with van der Waals surface area (Å²) in [4.78, 5) is 5.15. The second-order valence-corrected chi connectivity index (χ2v) is 6.33. The van der Waals surface area contributed by atoms with Crippen molar-refractivity contribution in [3.05, 3.63) is 0 Å². The first-order valence-corrected chi connectivity index (χ1v) is 7.44. The summed E-state index contributed by atoms with van der Waals surface area (Å²) in [5, 5.41) is 10.4. The lowest BCUT2D eigenvalue weighted by atomic mass is 9.91. The van der Waals surface area contributed by atoms with Crippen LogP contribution in [0.2, 0.25) is 0 Å². The van der Waals surface area contributed by atoms with Gasteiger partial charge in [0.05, 0.1) is 5.60 Å². The molecule has 1 saturated heterocycles. The summed E-state index contributed by atoms with van der Waals surface area (Å²) in [6.07, 6.45) is 8.77. The van der Waals surface area contributed by atoms with E-state index in [0.29, 0.717) is 0 Å². The predicted octanol–water partition coefficient (Wildman–Crippen LogP) is 1.46. The highest BCUT2D eigenvalue weighted by atomic mass is 16.3. The molecule has 3 nitrogen and oxygen atoms in total. The third kappa shape index (κ3) is 2.67. The first kappa shape index (κ1) is 11.9. The molecular formula is C14H26N2O. The molecule has 3 rings (SSSR count). The highest BCUT2D eigenvalue weighted by molar-refractivity contribution is 4.90. The van der Waals surface area contributed by atoms with Crippen LogP contribution in [0, 0.1) is 0 Å². The van der Waals surface area contributed by atoms with Gasteiger partial charge in [-0.05, 0) is 25.7 Å². The van der Waals surface area contributed by atoms with Crippen molar-refractivity contribution in [1.29, 1.82) is 0 Å². The second kappa shape index (κ2) is 4.87. The maximum Gasteiger partial charge on any atom is 0.0774 e. The van der Waals surface area contributed by atoms with Crippen LogP contribution in [-0.4, -0.2) is 59.3 Å². The van der Waals surface area contributed by atoms with Crippen LogP contribution in [-0.2, 0) is 0 Å². The zero-order valence-electron chi connectivity index (χ0n) is 10.9. The largest absolute Gasteiger partial charge is 0.389 e. The summed E-state index contributed by atoms with van der Waals surface area (Å²) in [6, 6.07) is 0.895. The van der Waals surface area contributed by atoms with Gasteiger partial charge < -0.3 is 5.11 Å². The second-order valence-electron chi connectivity index (χ2n) is 6.33. The fourth-order valence-corrected chi connectivity index (χ4v) is 3.65. The zero-order chi connectivity index (χ0) is 11.7. The SMILES string of the molecule is OC1(CN2CCN(C3CCC3)CC2)CCCC1.